The minimum absolute atomic E-state index is 0.0849. The lowest BCUT2D eigenvalue weighted by molar-refractivity contribution is -0.0249. The summed E-state index contributed by atoms with van der Waals surface area (Å²) in [6.07, 6.45) is -0.433. The summed E-state index contributed by atoms with van der Waals surface area (Å²) in [6.45, 7) is 2.60. The van der Waals surface area contributed by atoms with Gasteiger partial charge in [0.15, 0.2) is 0 Å². The normalized spacial score (nSPS) is 17.8. The SMILES string of the molecule is Cc1ccc2[nH]c(C(N)=O)c(S(=O)(=O)N3CCOC(COc4ccccc4)C3)c2c1. The van der Waals surface area contributed by atoms with Crippen LogP contribution in [0.15, 0.2) is 53.4 Å². The number of aromatic nitrogens is 1. The van der Waals surface area contributed by atoms with Crippen molar-refractivity contribution in [1.29, 1.82) is 0 Å². The number of ether oxygens (including phenoxy) is 2. The maximum atomic E-state index is 13.5. The monoisotopic (exact) mass is 429 g/mol. The number of H-pyrrole nitrogens is 1. The fraction of sp³-hybridized carbons (Fsp3) is 0.286. The predicted molar refractivity (Wildman–Crippen MR) is 112 cm³/mol. The maximum absolute atomic E-state index is 13.5. The third kappa shape index (κ3) is 3.91. The Bertz CT molecular complexity index is 1170. The van der Waals surface area contributed by atoms with Crippen LogP contribution in [0.2, 0.25) is 0 Å². The zero-order chi connectivity index (χ0) is 21.3. The number of nitrogens with one attached hydrogen (secondary N) is 1. The molecule has 1 unspecified atom stereocenters. The molecular formula is C21H23N3O5S. The minimum Gasteiger partial charge on any atom is -0.491 e. The summed E-state index contributed by atoms with van der Waals surface area (Å²) >= 11 is 0. The van der Waals surface area contributed by atoms with E-state index >= 15 is 0 Å². The molecule has 2 heterocycles. The Morgan fingerprint density at radius 3 is 2.77 bits per heavy atom. The quantitative estimate of drug-likeness (QED) is 0.622. The van der Waals surface area contributed by atoms with Gasteiger partial charge in [-0.2, -0.15) is 4.31 Å². The first kappa shape index (κ1) is 20.4. The average Bonchev–Trinajstić information content (AvgIpc) is 3.13. The highest BCUT2D eigenvalue weighted by molar-refractivity contribution is 7.89. The van der Waals surface area contributed by atoms with Crippen molar-refractivity contribution in [1.82, 2.24) is 9.29 Å². The van der Waals surface area contributed by atoms with Crippen LogP contribution in [0.1, 0.15) is 16.1 Å². The number of primary amides is 1. The first-order valence-electron chi connectivity index (χ1n) is 9.58. The zero-order valence-electron chi connectivity index (χ0n) is 16.5. The third-order valence-electron chi connectivity index (χ3n) is 5.03. The predicted octanol–water partition coefficient (Wildman–Crippen LogP) is 2.04. The lowest BCUT2D eigenvalue weighted by atomic mass is 10.2. The molecule has 0 saturated carbocycles. The number of nitrogens with two attached hydrogens (primary N) is 1. The van der Waals surface area contributed by atoms with Crippen LogP contribution in [0, 0.1) is 6.92 Å². The molecule has 2 aromatic carbocycles. The van der Waals surface area contributed by atoms with Crippen LogP contribution in [0.4, 0.5) is 0 Å². The highest BCUT2D eigenvalue weighted by atomic mass is 32.2. The summed E-state index contributed by atoms with van der Waals surface area (Å²) in [5.74, 6) is -0.135. The van der Waals surface area contributed by atoms with Crippen LogP contribution in [0.3, 0.4) is 0 Å². The number of aryl methyl sites for hydroxylation is 1. The number of para-hydroxylation sites is 1. The van der Waals surface area contributed by atoms with Gasteiger partial charge in [0.1, 0.15) is 29.0 Å². The fourth-order valence-electron chi connectivity index (χ4n) is 3.57. The minimum atomic E-state index is -3.99. The van der Waals surface area contributed by atoms with Crippen LogP contribution in [-0.4, -0.2) is 56.0 Å². The number of benzene rings is 2. The van der Waals surface area contributed by atoms with Gasteiger partial charge >= 0.3 is 0 Å². The van der Waals surface area contributed by atoms with E-state index in [1.165, 1.54) is 4.31 Å². The van der Waals surface area contributed by atoms with Crippen molar-refractivity contribution in [2.24, 2.45) is 5.73 Å². The molecule has 158 valence electrons. The second-order valence-electron chi connectivity index (χ2n) is 7.22. The number of aromatic amines is 1. The molecule has 3 aromatic rings. The standard InChI is InChI=1S/C21H23N3O5S/c1-14-7-8-18-17(11-14)20(19(23-18)21(22)25)30(26,27)24-9-10-28-16(12-24)13-29-15-5-3-2-4-6-15/h2-8,11,16,23H,9-10,12-13H2,1H3,(H2,22,25). The first-order chi connectivity index (χ1) is 14.4. The van der Waals surface area contributed by atoms with Crippen molar-refractivity contribution in [3.8, 4) is 5.75 Å². The van der Waals surface area contributed by atoms with E-state index in [9.17, 15) is 13.2 Å². The molecule has 8 nitrogen and oxygen atoms in total. The molecule has 1 aromatic heterocycles. The number of sulfonamides is 1. The van der Waals surface area contributed by atoms with Gasteiger partial charge in [-0.15, -0.1) is 0 Å². The van der Waals surface area contributed by atoms with Gasteiger partial charge in [0, 0.05) is 24.0 Å². The molecule has 30 heavy (non-hydrogen) atoms. The second-order valence-corrected chi connectivity index (χ2v) is 9.10. The zero-order valence-corrected chi connectivity index (χ0v) is 17.3. The van der Waals surface area contributed by atoms with Crippen molar-refractivity contribution in [3.05, 3.63) is 59.8 Å². The Balaban J connectivity index is 1.62. The van der Waals surface area contributed by atoms with Crippen LogP contribution >= 0.6 is 0 Å². The number of hydrogen-bond donors (Lipinski definition) is 2. The molecular weight excluding hydrogens is 406 g/mol. The number of morpholine rings is 1. The van der Waals surface area contributed by atoms with Gasteiger partial charge in [0.05, 0.1) is 6.61 Å². The molecule has 3 N–H and O–H groups in total. The number of rotatable bonds is 6. The van der Waals surface area contributed by atoms with Gasteiger partial charge in [-0.05, 0) is 31.2 Å². The number of hydrogen-bond acceptors (Lipinski definition) is 5. The first-order valence-corrected chi connectivity index (χ1v) is 11.0. The number of amides is 1. The summed E-state index contributed by atoms with van der Waals surface area (Å²) in [6, 6.07) is 14.6. The Morgan fingerprint density at radius 2 is 2.03 bits per heavy atom. The van der Waals surface area contributed by atoms with Crippen molar-refractivity contribution in [2.45, 2.75) is 17.9 Å². The van der Waals surface area contributed by atoms with Gasteiger partial charge < -0.3 is 20.2 Å². The van der Waals surface area contributed by atoms with Crippen LogP contribution in [-0.2, 0) is 14.8 Å². The van der Waals surface area contributed by atoms with E-state index in [0.717, 1.165) is 5.56 Å². The third-order valence-corrected chi connectivity index (χ3v) is 6.98. The van der Waals surface area contributed by atoms with Gasteiger partial charge in [-0.25, -0.2) is 8.42 Å². The van der Waals surface area contributed by atoms with Gasteiger partial charge in [0.25, 0.3) is 5.91 Å². The number of carbonyl (C=O) groups is 1. The summed E-state index contributed by atoms with van der Waals surface area (Å²) in [7, 11) is -3.99. The molecule has 0 spiro atoms. The van der Waals surface area contributed by atoms with Crippen LogP contribution < -0.4 is 10.5 Å². The smallest absolute Gasteiger partial charge is 0.266 e. The van der Waals surface area contributed by atoms with Gasteiger partial charge in [-0.1, -0.05) is 29.8 Å². The molecule has 1 amide bonds. The van der Waals surface area contributed by atoms with Crippen LogP contribution in [0.5, 0.6) is 5.75 Å². The highest BCUT2D eigenvalue weighted by Gasteiger charge is 2.36. The summed E-state index contributed by atoms with van der Waals surface area (Å²) < 4.78 is 39.8. The van der Waals surface area contributed by atoms with Gasteiger partial charge in [0.2, 0.25) is 10.0 Å². The fourth-order valence-corrected chi connectivity index (χ4v) is 5.36. The molecule has 0 radical (unpaired) electrons. The van der Waals surface area contributed by atoms with Crippen LogP contribution in [0.25, 0.3) is 10.9 Å². The lowest BCUT2D eigenvalue weighted by Gasteiger charge is -2.32. The van der Waals surface area contributed by atoms with E-state index in [1.54, 1.807) is 12.1 Å². The Labute approximate surface area is 174 Å². The maximum Gasteiger partial charge on any atom is 0.266 e. The molecule has 1 aliphatic heterocycles. The van der Waals surface area contributed by atoms with E-state index in [1.807, 2.05) is 43.3 Å². The average molecular weight is 429 g/mol. The van der Waals surface area contributed by atoms with E-state index in [4.69, 9.17) is 15.2 Å². The molecule has 0 aliphatic carbocycles. The van der Waals surface area contributed by atoms with E-state index in [-0.39, 0.29) is 36.9 Å². The molecule has 1 atom stereocenters. The molecule has 1 saturated heterocycles. The number of carbonyl (C=O) groups excluding carboxylic acids is 1. The Kier molecular flexibility index (Phi) is 5.50. The Hall–Kier alpha value is -2.88. The van der Waals surface area contributed by atoms with Crippen molar-refractivity contribution in [2.75, 3.05) is 26.3 Å². The number of nitrogens with zero attached hydrogens (tertiary/aromatic N) is 1. The molecule has 9 heteroatoms. The molecule has 4 rings (SSSR count). The van der Waals surface area contributed by atoms with Crippen molar-refractivity contribution >= 4 is 26.8 Å². The van der Waals surface area contributed by atoms with Gasteiger partial charge in [-0.3, -0.25) is 4.79 Å². The van der Waals surface area contributed by atoms with E-state index in [0.29, 0.717) is 16.7 Å². The van der Waals surface area contributed by atoms with Crippen molar-refractivity contribution < 1.29 is 22.7 Å². The molecule has 1 aliphatic rings. The second kappa shape index (κ2) is 8.10. The summed E-state index contributed by atoms with van der Waals surface area (Å²) in [5.41, 5.74) is 6.80. The largest absolute Gasteiger partial charge is 0.491 e. The Morgan fingerprint density at radius 1 is 1.27 bits per heavy atom. The molecule has 1 fully saturated rings. The topological polar surface area (TPSA) is 115 Å². The summed E-state index contributed by atoms with van der Waals surface area (Å²) in [5, 5.41) is 0.451. The van der Waals surface area contributed by atoms with E-state index in [2.05, 4.69) is 4.98 Å². The summed E-state index contributed by atoms with van der Waals surface area (Å²) in [4.78, 5) is 14.8. The van der Waals surface area contributed by atoms with Crippen molar-refractivity contribution in [3.63, 3.8) is 0 Å². The highest BCUT2D eigenvalue weighted by Crippen LogP contribution is 2.31. The molecule has 0 bridgehead atoms. The van der Waals surface area contributed by atoms with E-state index < -0.39 is 22.0 Å². The lowest BCUT2D eigenvalue weighted by Crippen LogP contribution is -2.47. The number of fused-ring (bicyclic) bond motifs is 1.